The Labute approximate surface area is 97.8 Å². The van der Waals surface area contributed by atoms with Crippen molar-refractivity contribution in [3.63, 3.8) is 0 Å². The monoisotopic (exact) mass is 219 g/mol. The maximum Gasteiger partial charge on any atom is 0.0853 e. The second-order valence-electron chi connectivity index (χ2n) is 4.76. The van der Waals surface area contributed by atoms with Crippen molar-refractivity contribution >= 4 is 0 Å². The summed E-state index contributed by atoms with van der Waals surface area (Å²) in [4.78, 5) is 0. The Morgan fingerprint density at radius 1 is 1.31 bits per heavy atom. The lowest BCUT2D eigenvalue weighted by Gasteiger charge is -2.18. The van der Waals surface area contributed by atoms with Crippen LogP contribution in [0.2, 0.25) is 0 Å². The van der Waals surface area contributed by atoms with Gasteiger partial charge < -0.3 is 10.5 Å². The minimum Gasteiger partial charge on any atom is -0.372 e. The molecule has 1 fully saturated rings. The molecule has 0 saturated heterocycles. The van der Waals surface area contributed by atoms with Gasteiger partial charge in [-0.3, -0.25) is 0 Å². The van der Waals surface area contributed by atoms with Crippen molar-refractivity contribution in [3.8, 4) is 0 Å². The smallest absolute Gasteiger partial charge is 0.0853 e. The van der Waals surface area contributed by atoms with E-state index in [9.17, 15) is 0 Å². The van der Waals surface area contributed by atoms with E-state index in [-0.39, 0.29) is 6.10 Å². The van der Waals surface area contributed by atoms with E-state index < -0.39 is 0 Å². The quantitative estimate of drug-likeness (QED) is 0.826. The van der Waals surface area contributed by atoms with Crippen LogP contribution in [0, 0.1) is 19.8 Å². The van der Waals surface area contributed by atoms with Gasteiger partial charge in [0.1, 0.15) is 0 Å². The van der Waals surface area contributed by atoms with Crippen LogP contribution in [0.25, 0.3) is 0 Å². The summed E-state index contributed by atoms with van der Waals surface area (Å²) in [6, 6.07) is 6.64. The predicted molar refractivity (Wildman–Crippen MR) is 66.4 cm³/mol. The van der Waals surface area contributed by atoms with Crippen LogP contribution < -0.4 is 5.73 Å². The van der Waals surface area contributed by atoms with E-state index in [1.807, 2.05) is 0 Å². The van der Waals surface area contributed by atoms with Gasteiger partial charge in [0, 0.05) is 6.54 Å². The van der Waals surface area contributed by atoms with Crippen LogP contribution in [0.1, 0.15) is 35.6 Å². The van der Waals surface area contributed by atoms with Gasteiger partial charge in [-0.2, -0.15) is 0 Å². The number of benzene rings is 1. The zero-order valence-electron chi connectivity index (χ0n) is 10.2. The molecule has 1 aromatic rings. The number of nitrogens with two attached hydrogens (primary N) is 1. The summed E-state index contributed by atoms with van der Waals surface area (Å²) in [7, 11) is 0. The molecular formula is C14H21NO. The fourth-order valence-electron chi connectivity index (χ4n) is 2.04. The van der Waals surface area contributed by atoms with E-state index >= 15 is 0 Å². The topological polar surface area (TPSA) is 35.2 Å². The molecule has 2 rings (SSSR count). The number of rotatable bonds is 5. The molecule has 1 aliphatic carbocycles. The second kappa shape index (κ2) is 4.98. The fourth-order valence-corrected chi connectivity index (χ4v) is 2.04. The van der Waals surface area contributed by atoms with Gasteiger partial charge in [0.2, 0.25) is 0 Å². The zero-order chi connectivity index (χ0) is 11.5. The highest BCUT2D eigenvalue weighted by atomic mass is 16.5. The maximum atomic E-state index is 5.87. The molecule has 0 spiro atoms. The van der Waals surface area contributed by atoms with Crippen molar-refractivity contribution in [1.29, 1.82) is 0 Å². The molecule has 1 aliphatic rings. The third kappa shape index (κ3) is 2.63. The molecule has 1 aromatic carbocycles. The maximum absolute atomic E-state index is 5.87. The standard InChI is InChI=1S/C14H21NO/c1-10-3-4-13(9-11(10)2)14(12-5-6-12)16-8-7-15/h3-4,9,12,14H,5-8,15H2,1-2H3. The van der Waals surface area contributed by atoms with E-state index in [2.05, 4.69) is 32.0 Å². The van der Waals surface area contributed by atoms with Gasteiger partial charge in [-0.05, 0) is 49.3 Å². The lowest BCUT2D eigenvalue weighted by molar-refractivity contribution is 0.0424. The Kier molecular flexibility index (Phi) is 3.62. The van der Waals surface area contributed by atoms with Gasteiger partial charge >= 0.3 is 0 Å². The Balaban J connectivity index is 2.14. The van der Waals surface area contributed by atoms with E-state index in [0.29, 0.717) is 19.1 Å². The van der Waals surface area contributed by atoms with Crippen molar-refractivity contribution in [1.82, 2.24) is 0 Å². The van der Waals surface area contributed by atoms with Gasteiger partial charge in [0.25, 0.3) is 0 Å². The summed E-state index contributed by atoms with van der Waals surface area (Å²) in [6.07, 6.45) is 2.85. The molecule has 2 N–H and O–H groups in total. The van der Waals surface area contributed by atoms with Gasteiger partial charge in [-0.1, -0.05) is 18.2 Å². The molecule has 0 radical (unpaired) electrons. The van der Waals surface area contributed by atoms with Crippen LogP contribution in [0.5, 0.6) is 0 Å². The molecule has 2 nitrogen and oxygen atoms in total. The number of hydrogen-bond donors (Lipinski definition) is 1. The van der Waals surface area contributed by atoms with E-state index in [0.717, 1.165) is 0 Å². The summed E-state index contributed by atoms with van der Waals surface area (Å²) < 4.78 is 5.87. The Morgan fingerprint density at radius 3 is 2.62 bits per heavy atom. The Morgan fingerprint density at radius 2 is 2.06 bits per heavy atom. The minimum atomic E-state index is 0.267. The minimum absolute atomic E-state index is 0.267. The molecular weight excluding hydrogens is 198 g/mol. The lowest BCUT2D eigenvalue weighted by atomic mass is 10.00. The first-order valence-electron chi connectivity index (χ1n) is 6.11. The Hall–Kier alpha value is -0.860. The normalized spacial score (nSPS) is 17.4. The summed E-state index contributed by atoms with van der Waals surface area (Å²) >= 11 is 0. The number of ether oxygens (including phenoxy) is 1. The summed E-state index contributed by atoms with van der Waals surface area (Å²) in [5.41, 5.74) is 9.51. The lowest BCUT2D eigenvalue weighted by Crippen LogP contribution is -2.14. The summed E-state index contributed by atoms with van der Waals surface area (Å²) in [5, 5.41) is 0. The van der Waals surface area contributed by atoms with Gasteiger partial charge in [-0.15, -0.1) is 0 Å². The Bertz CT molecular complexity index is 358. The highest BCUT2D eigenvalue weighted by Gasteiger charge is 2.33. The van der Waals surface area contributed by atoms with E-state index in [1.54, 1.807) is 0 Å². The third-order valence-electron chi connectivity index (χ3n) is 3.32. The molecule has 1 unspecified atom stereocenters. The highest BCUT2D eigenvalue weighted by molar-refractivity contribution is 5.31. The third-order valence-corrected chi connectivity index (χ3v) is 3.32. The number of hydrogen-bond acceptors (Lipinski definition) is 2. The molecule has 0 aliphatic heterocycles. The van der Waals surface area contributed by atoms with Crippen molar-refractivity contribution in [2.75, 3.05) is 13.2 Å². The van der Waals surface area contributed by atoms with Gasteiger partial charge in [-0.25, -0.2) is 0 Å². The molecule has 1 atom stereocenters. The first-order valence-corrected chi connectivity index (χ1v) is 6.11. The molecule has 0 aromatic heterocycles. The molecule has 2 heteroatoms. The molecule has 88 valence electrons. The van der Waals surface area contributed by atoms with Crippen molar-refractivity contribution < 1.29 is 4.74 Å². The molecule has 0 bridgehead atoms. The average Bonchev–Trinajstić information content (AvgIpc) is 3.08. The first kappa shape index (κ1) is 11.6. The highest BCUT2D eigenvalue weighted by Crippen LogP contribution is 2.43. The predicted octanol–water partition coefficient (Wildman–Crippen LogP) is 2.73. The molecule has 16 heavy (non-hydrogen) atoms. The van der Waals surface area contributed by atoms with Crippen LogP contribution in [-0.2, 0) is 4.74 Å². The van der Waals surface area contributed by atoms with Crippen LogP contribution >= 0.6 is 0 Å². The zero-order valence-corrected chi connectivity index (χ0v) is 10.2. The second-order valence-corrected chi connectivity index (χ2v) is 4.76. The summed E-state index contributed by atoms with van der Waals surface area (Å²) in [5.74, 6) is 0.716. The van der Waals surface area contributed by atoms with Gasteiger partial charge in [0.05, 0.1) is 12.7 Å². The number of aryl methyl sites for hydroxylation is 2. The van der Waals surface area contributed by atoms with Crippen LogP contribution in [-0.4, -0.2) is 13.2 Å². The SMILES string of the molecule is Cc1ccc(C(OCCN)C2CC2)cc1C. The van der Waals surface area contributed by atoms with Crippen LogP contribution in [0.3, 0.4) is 0 Å². The molecule has 0 heterocycles. The first-order chi connectivity index (χ1) is 7.72. The van der Waals surface area contributed by atoms with E-state index in [1.165, 1.54) is 29.5 Å². The van der Waals surface area contributed by atoms with Crippen molar-refractivity contribution in [3.05, 3.63) is 34.9 Å². The van der Waals surface area contributed by atoms with Gasteiger partial charge in [0.15, 0.2) is 0 Å². The molecule has 0 amide bonds. The molecule has 1 saturated carbocycles. The average molecular weight is 219 g/mol. The summed E-state index contributed by atoms with van der Waals surface area (Å²) in [6.45, 7) is 5.57. The van der Waals surface area contributed by atoms with Crippen molar-refractivity contribution in [2.24, 2.45) is 11.7 Å². The van der Waals surface area contributed by atoms with Crippen LogP contribution in [0.15, 0.2) is 18.2 Å². The van der Waals surface area contributed by atoms with Crippen LogP contribution in [0.4, 0.5) is 0 Å². The van der Waals surface area contributed by atoms with Crippen molar-refractivity contribution in [2.45, 2.75) is 32.8 Å². The largest absolute Gasteiger partial charge is 0.372 e. The fraction of sp³-hybridized carbons (Fsp3) is 0.571. The van der Waals surface area contributed by atoms with E-state index in [4.69, 9.17) is 10.5 Å².